The Balaban J connectivity index is 1.58. The van der Waals surface area contributed by atoms with E-state index in [4.69, 9.17) is 9.47 Å². The van der Waals surface area contributed by atoms with Crippen LogP contribution in [-0.4, -0.2) is 55.6 Å². The first-order valence-electron chi connectivity index (χ1n) is 8.98. The van der Waals surface area contributed by atoms with Crippen molar-refractivity contribution < 1.29 is 14.3 Å². The highest BCUT2D eigenvalue weighted by Gasteiger charge is 2.16. The molecule has 0 radical (unpaired) electrons. The standard InChI is InChI=1S/C21H25N3O3S/c1-23(12-15-9-10-16(26-3)11-18(15)27-4)14-21(25)24(2)13-20-22-17-7-5-6-8-19(17)28-20/h5-11H,12-14H2,1-4H3. The molecule has 1 heterocycles. The van der Waals surface area contributed by atoms with Crippen molar-refractivity contribution in [1.82, 2.24) is 14.8 Å². The molecule has 0 aliphatic rings. The minimum Gasteiger partial charge on any atom is -0.497 e. The minimum absolute atomic E-state index is 0.0502. The van der Waals surface area contributed by atoms with Gasteiger partial charge in [0.1, 0.15) is 16.5 Å². The van der Waals surface area contributed by atoms with Gasteiger partial charge in [0, 0.05) is 25.2 Å². The summed E-state index contributed by atoms with van der Waals surface area (Å²) in [6.07, 6.45) is 0. The molecule has 7 heteroatoms. The number of fused-ring (bicyclic) bond motifs is 1. The normalized spacial score (nSPS) is 11.0. The number of likely N-dealkylation sites (N-methyl/N-ethyl adjacent to an activating group) is 2. The molecule has 3 aromatic rings. The lowest BCUT2D eigenvalue weighted by Crippen LogP contribution is -2.36. The number of hydrogen-bond donors (Lipinski definition) is 0. The van der Waals surface area contributed by atoms with Crippen LogP contribution < -0.4 is 9.47 Å². The van der Waals surface area contributed by atoms with Crippen LogP contribution in [0, 0.1) is 0 Å². The summed E-state index contributed by atoms with van der Waals surface area (Å²) in [5.74, 6) is 1.55. The highest BCUT2D eigenvalue weighted by molar-refractivity contribution is 7.18. The maximum atomic E-state index is 12.6. The van der Waals surface area contributed by atoms with Gasteiger partial charge in [-0.2, -0.15) is 0 Å². The number of aromatic nitrogens is 1. The molecule has 6 nitrogen and oxygen atoms in total. The number of amides is 1. The van der Waals surface area contributed by atoms with E-state index < -0.39 is 0 Å². The van der Waals surface area contributed by atoms with E-state index in [0.29, 0.717) is 19.6 Å². The molecular weight excluding hydrogens is 374 g/mol. The number of para-hydroxylation sites is 1. The summed E-state index contributed by atoms with van der Waals surface area (Å²) in [5.41, 5.74) is 1.99. The number of rotatable bonds is 8. The van der Waals surface area contributed by atoms with Crippen LogP contribution >= 0.6 is 11.3 Å². The molecule has 0 aliphatic heterocycles. The Morgan fingerprint density at radius 1 is 1.07 bits per heavy atom. The second kappa shape index (κ2) is 9.03. The monoisotopic (exact) mass is 399 g/mol. The number of carbonyl (C=O) groups excluding carboxylic acids is 1. The van der Waals surface area contributed by atoms with Gasteiger partial charge in [-0.15, -0.1) is 11.3 Å². The number of nitrogens with zero attached hydrogens (tertiary/aromatic N) is 3. The molecule has 0 aliphatic carbocycles. The summed E-state index contributed by atoms with van der Waals surface area (Å²) < 4.78 is 11.8. The van der Waals surface area contributed by atoms with E-state index in [1.165, 1.54) is 0 Å². The van der Waals surface area contributed by atoms with Crippen LogP contribution in [0.1, 0.15) is 10.6 Å². The van der Waals surface area contributed by atoms with Crippen LogP contribution in [0.2, 0.25) is 0 Å². The van der Waals surface area contributed by atoms with Gasteiger partial charge < -0.3 is 14.4 Å². The fourth-order valence-corrected chi connectivity index (χ4v) is 3.98. The lowest BCUT2D eigenvalue weighted by Gasteiger charge is -2.22. The Morgan fingerprint density at radius 3 is 2.57 bits per heavy atom. The highest BCUT2D eigenvalue weighted by Crippen LogP contribution is 2.25. The molecule has 1 aromatic heterocycles. The van der Waals surface area contributed by atoms with Crippen LogP contribution in [-0.2, 0) is 17.9 Å². The van der Waals surface area contributed by atoms with Crippen molar-refractivity contribution in [1.29, 1.82) is 0 Å². The van der Waals surface area contributed by atoms with E-state index in [9.17, 15) is 4.79 Å². The van der Waals surface area contributed by atoms with Crippen LogP contribution in [0.15, 0.2) is 42.5 Å². The van der Waals surface area contributed by atoms with Crippen LogP contribution in [0.4, 0.5) is 0 Å². The summed E-state index contributed by atoms with van der Waals surface area (Å²) in [5, 5.41) is 0.941. The van der Waals surface area contributed by atoms with E-state index >= 15 is 0 Å². The van der Waals surface area contributed by atoms with Crippen molar-refractivity contribution in [2.75, 3.05) is 34.9 Å². The second-order valence-corrected chi connectivity index (χ2v) is 7.79. The Morgan fingerprint density at radius 2 is 1.86 bits per heavy atom. The van der Waals surface area contributed by atoms with Crippen molar-refractivity contribution in [3.8, 4) is 11.5 Å². The van der Waals surface area contributed by atoms with Gasteiger partial charge in [-0.25, -0.2) is 4.98 Å². The predicted octanol–water partition coefficient (Wildman–Crippen LogP) is 3.40. The smallest absolute Gasteiger partial charge is 0.236 e. The lowest BCUT2D eigenvalue weighted by molar-refractivity contribution is -0.131. The van der Waals surface area contributed by atoms with Crippen molar-refractivity contribution >= 4 is 27.5 Å². The molecular formula is C21H25N3O3S. The maximum absolute atomic E-state index is 12.6. The largest absolute Gasteiger partial charge is 0.497 e. The van der Waals surface area contributed by atoms with Crippen LogP contribution in [0.3, 0.4) is 0 Å². The van der Waals surface area contributed by atoms with Gasteiger partial charge in [0.2, 0.25) is 5.91 Å². The zero-order valence-electron chi connectivity index (χ0n) is 16.6. The summed E-state index contributed by atoms with van der Waals surface area (Å²) in [6, 6.07) is 13.7. The zero-order valence-corrected chi connectivity index (χ0v) is 17.5. The molecule has 2 aromatic carbocycles. The summed E-state index contributed by atoms with van der Waals surface area (Å²) in [6.45, 7) is 1.43. The Labute approximate surface area is 169 Å². The van der Waals surface area contributed by atoms with Crippen molar-refractivity contribution in [2.24, 2.45) is 0 Å². The minimum atomic E-state index is 0.0502. The molecule has 0 saturated carbocycles. The van der Waals surface area contributed by atoms with Gasteiger partial charge in [0.25, 0.3) is 0 Å². The molecule has 0 atom stereocenters. The van der Waals surface area contributed by atoms with E-state index in [0.717, 1.165) is 32.3 Å². The first-order valence-corrected chi connectivity index (χ1v) is 9.79. The van der Waals surface area contributed by atoms with Gasteiger partial charge in [0.15, 0.2) is 0 Å². The molecule has 1 amide bonds. The second-order valence-electron chi connectivity index (χ2n) is 6.68. The zero-order chi connectivity index (χ0) is 20.1. The first-order chi connectivity index (χ1) is 13.5. The topological polar surface area (TPSA) is 54.9 Å². The maximum Gasteiger partial charge on any atom is 0.236 e. The third kappa shape index (κ3) is 4.79. The highest BCUT2D eigenvalue weighted by atomic mass is 32.1. The predicted molar refractivity (Wildman–Crippen MR) is 112 cm³/mol. The number of methoxy groups -OCH3 is 2. The third-order valence-corrected chi connectivity index (χ3v) is 5.50. The van der Waals surface area contributed by atoms with Crippen molar-refractivity contribution in [2.45, 2.75) is 13.1 Å². The van der Waals surface area contributed by atoms with E-state index in [1.54, 1.807) is 30.5 Å². The molecule has 28 heavy (non-hydrogen) atoms. The molecule has 0 unspecified atom stereocenters. The number of hydrogen-bond acceptors (Lipinski definition) is 6. The molecule has 3 rings (SSSR count). The summed E-state index contributed by atoms with van der Waals surface area (Å²) >= 11 is 1.63. The Bertz CT molecular complexity index is 924. The summed E-state index contributed by atoms with van der Waals surface area (Å²) in [4.78, 5) is 20.9. The average Bonchev–Trinajstić information content (AvgIpc) is 3.10. The lowest BCUT2D eigenvalue weighted by atomic mass is 10.2. The van der Waals surface area contributed by atoms with E-state index in [2.05, 4.69) is 4.98 Å². The molecule has 0 saturated heterocycles. The Hall–Kier alpha value is -2.64. The van der Waals surface area contributed by atoms with Crippen molar-refractivity contribution in [3.05, 3.63) is 53.0 Å². The number of thiazole rings is 1. The van der Waals surface area contributed by atoms with Gasteiger partial charge in [-0.1, -0.05) is 18.2 Å². The first kappa shape index (κ1) is 20.1. The third-order valence-electron chi connectivity index (χ3n) is 4.48. The molecule has 0 bridgehead atoms. The van der Waals surface area contributed by atoms with Gasteiger partial charge >= 0.3 is 0 Å². The van der Waals surface area contributed by atoms with Crippen LogP contribution in [0.25, 0.3) is 10.2 Å². The molecule has 0 N–H and O–H groups in total. The quantitative estimate of drug-likeness (QED) is 0.581. The van der Waals surface area contributed by atoms with Crippen LogP contribution in [0.5, 0.6) is 11.5 Å². The van der Waals surface area contributed by atoms with E-state index in [1.807, 2.05) is 61.5 Å². The fraction of sp³-hybridized carbons (Fsp3) is 0.333. The fourth-order valence-electron chi connectivity index (χ4n) is 2.96. The Kier molecular flexibility index (Phi) is 6.49. The van der Waals surface area contributed by atoms with Gasteiger partial charge in [-0.3, -0.25) is 9.69 Å². The number of ether oxygens (including phenoxy) is 2. The van der Waals surface area contributed by atoms with Gasteiger partial charge in [0.05, 0.1) is 37.5 Å². The van der Waals surface area contributed by atoms with E-state index in [-0.39, 0.29) is 5.91 Å². The SMILES string of the molecule is COc1ccc(CN(C)CC(=O)N(C)Cc2nc3ccccc3s2)c(OC)c1. The summed E-state index contributed by atoms with van der Waals surface area (Å²) in [7, 11) is 7.00. The molecule has 148 valence electrons. The van der Waals surface area contributed by atoms with Gasteiger partial charge in [-0.05, 0) is 25.2 Å². The molecule has 0 fully saturated rings. The number of carbonyl (C=O) groups is 1. The molecule has 0 spiro atoms. The average molecular weight is 400 g/mol. The number of benzene rings is 2. The van der Waals surface area contributed by atoms with Crippen molar-refractivity contribution in [3.63, 3.8) is 0 Å².